The summed E-state index contributed by atoms with van der Waals surface area (Å²) >= 11 is 0. The highest BCUT2D eigenvalue weighted by atomic mass is 16.2. The van der Waals surface area contributed by atoms with E-state index in [-0.39, 0.29) is 12.5 Å². The minimum Gasteiger partial charge on any atom is -0.341 e. The Morgan fingerprint density at radius 3 is 2.38 bits per heavy atom. The molecule has 0 atom stereocenters. The standard InChI is InChI=1S/C9H19N3O/c1-11(2)8-3-5-12(6-4-8)9(13)7-10/h8H,3-7,10H2,1-2H3. The van der Waals surface area contributed by atoms with E-state index in [2.05, 4.69) is 19.0 Å². The summed E-state index contributed by atoms with van der Waals surface area (Å²) in [5.74, 6) is 0.0807. The summed E-state index contributed by atoms with van der Waals surface area (Å²) in [6.07, 6.45) is 2.14. The number of hydrogen-bond donors (Lipinski definition) is 1. The van der Waals surface area contributed by atoms with Gasteiger partial charge in [0.15, 0.2) is 0 Å². The Labute approximate surface area is 79.7 Å². The van der Waals surface area contributed by atoms with Crippen LogP contribution in [0.3, 0.4) is 0 Å². The van der Waals surface area contributed by atoms with Crippen molar-refractivity contribution in [2.75, 3.05) is 33.7 Å². The van der Waals surface area contributed by atoms with E-state index in [0.717, 1.165) is 25.9 Å². The lowest BCUT2D eigenvalue weighted by atomic mass is 10.0. The van der Waals surface area contributed by atoms with E-state index in [1.165, 1.54) is 0 Å². The molecule has 1 heterocycles. The Hall–Kier alpha value is -0.610. The van der Waals surface area contributed by atoms with Crippen LogP contribution in [0, 0.1) is 0 Å². The quantitative estimate of drug-likeness (QED) is 0.631. The first-order valence-corrected chi connectivity index (χ1v) is 4.79. The third-order valence-electron chi connectivity index (χ3n) is 2.72. The molecule has 1 amide bonds. The zero-order chi connectivity index (χ0) is 9.84. The first-order valence-electron chi connectivity index (χ1n) is 4.79. The van der Waals surface area contributed by atoms with Gasteiger partial charge in [-0.25, -0.2) is 0 Å². The molecule has 0 radical (unpaired) electrons. The molecule has 1 aliphatic heterocycles. The average molecular weight is 185 g/mol. The van der Waals surface area contributed by atoms with E-state index < -0.39 is 0 Å². The van der Waals surface area contributed by atoms with Gasteiger partial charge in [-0.2, -0.15) is 0 Å². The number of nitrogens with zero attached hydrogens (tertiary/aromatic N) is 2. The molecule has 0 bridgehead atoms. The largest absolute Gasteiger partial charge is 0.341 e. The first-order chi connectivity index (χ1) is 6.15. The highest BCUT2D eigenvalue weighted by Crippen LogP contribution is 2.13. The van der Waals surface area contributed by atoms with E-state index in [4.69, 9.17) is 5.73 Å². The van der Waals surface area contributed by atoms with Gasteiger partial charge in [-0.15, -0.1) is 0 Å². The van der Waals surface area contributed by atoms with Crippen LogP contribution in [0.25, 0.3) is 0 Å². The maximum atomic E-state index is 11.2. The molecule has 0 spiro atoms. The zero-order valence-corrected chi connectivity index (χ0v) is 8.49. The lowest BCUT2D eigenvalue weighted by molar-refractivity contribution is -0.131. The monoisotopic (exact) mass is 185 g/mol. The number of carbonyl (C=O) groups excluding carboxylic acids is 1. The minimum absolute atomic E-state index is 0.0807. The van der Waals surface area contributed by atoms with Gasteiger partial charge in [-0.05, 0) is 26.9 Å². The van der Waals surface area contributed by atoms with Crippen LogP contribution >= 0.6 is 0 Å². The summed E-state index contributed by atoms with van der Waals surface area (Å²) in [5.41, 5.74) is 5.30. The zero-order valence-electron chi connectivity index (χ0n) is 8.49. The maximum Gasteiger partial charge on any atom is 0.236 e. The van der Waals surface area contributed by atoms with Gasteiger partial charge in [0.2, 0.25) is 5.91 Å². The summed E-state index contributed by atoms with van der Waals surface area (Å²) in [7, 11) is 4.18. The van der Waals surface area contributed by atoms with Crippen LogP contribution in [0.15, 0.2) is 0 Å². The van der Waals surface area contributed by atoms with Gasteiger partial charge < -0.3 is 15.5 Å². The van der Waals surface area contributed by atoms with Gasteiger partial charge in [0.25, 0.3) is 0 Å². The Kier molecular flexibility index (Phi) is 3.69. The SMILES string of the molecule is CN(C)C1CCN(C(=O)CN)CC1. The normalized spacial score (nSPS) is 19.5. The summed E-state index contributed by atoms with van der Waals surface area (Å²) in [5, 5.41) is 0. The predicted molar refractivity (Wildman–Crippen MR) is 52.3 cm³/mol. The summed E-state index contributed by atoms with van der Waals surface area (Å²) in [6, 6.07) is 0.627. The van der Waals surface area contributed by atoms with Crippen molar-refractivity contribution in [3.8, 4) is 0 Å². The molecule has 4 heteroatoms. The molecule has 0 aromatic heterocycles. The lowest BCUT2D eigenvalue weighted by Crippen LogP contribution is -2.46. The van der Waals surface area contributed by atoms with Crippen LogP contribution in [-0.2, 0) is 4.79 Å². The molecule has 76 valence electrons. The molecule has 2 N–H and O–H groups in total. The Balaban J connectivity index is 2.34. The minimum atomic E-state index is 0.0807. The maximum absolute atomic E-state index is 11.2. The van der Waals surface area contributed by atoms with Crippen molar-refractivity contribution in [3.63, 3.8) is 0 Å². The average Bonchev–Trinajstić information content (AvgIpc) is 2.17. The number of hydrogen-bond acceptors (Lipinski definition) is 3. The van der Waals surface area contributed by atoms with Gasteiger partial charge in [-0.1, -0.05) is 0 Å². The smallest absolute Gasteiger partial charge is 0.236 e. The third-order valence-corrected chi connectivity index (χ3v) is 2.72. The summed E-state index contributed by atoms with van der Waals surface area (Å²) in [6.45, 7) is 1.87. The molecule has 1 fully saturated rings. The van der Waals surface area contributed by atoms with Gasteiger partial charge in [0.1, 0.15) is 0 Å². The fourth-order valence-electron chi connectivity index (χ4n) is 1.76. The molecular formula is C9H19N3O. The predicted octanol–water partition coefficient (Wildman–Crippen LogP) is -0.502. The number of likely N-dealkylation sites (tertiary alicyclic amines) is 1. The lowest BCUT2D eigenvalue weighted by Gasteiger charge is -2.35. The molecule has 1 rings (SSSR count). The van der Waals surface area contributed by atoms with Crippen LogP contribution in [0.1, 0.15) is 12.8 Å². The molecule has 0 saturated carbocycles. The number of nitrogens with two attached hydrogens (primary N) is 1. The fourth-order valence-corrected chi connectivity index (χ4v) is 1.76. The highest BCUT2D eigenvalue weighted by molar-refractivity contribution is 5.78. The number of rotatable bonds is 2. The second-order valence-electron chi connectivity index (χ2n) is 3.78. The fraction of sp³-hybridized carbons (Fsp3) is 0.889. The molecule has 0 aromatic rings. The second-order valence-corrected chi connectivity index (χ2v) is 3.78. The van der Waals surface area contributed by atoms with Crippen molar-refractivity contribution >= 4 is 5.91 Å². The molecule has 4 nitrogen and oxygen atoms in total. The highest BCUT2D eigenvalue weighted by Gasteiger charge is 2.22. The molecule has 13 heavy (non-hydrogen) atoms. The Morgan fingerprint density at radius 2 is 2.00 bits per heavy atom. The molecule has 1 saturated heterocycles. The van der Waals surface area contributed by atoms with Crippen molar-refractivity contribution in [1.82, 2.24) is 9.80 Å². The van der Waals surface area contributed by atoms with Gasteiger partial charge in [0.05, 0.1) is 6.54 Å². The molecule has 0 aliphatic carbocycles. The van der Waals surface area contributed by atoms with E-state index >= 15 is 0 Å². The first kappa shape index (κ1) is 10.5. The van der Waals surface area contributed by atoms with E-state index in [1.807, 2.05) is 4.90 Å². The van der Waals surface area contributed by atoms with Crippen molar-refractivity contribution in [2.24, 2.45) is 5.73 Å². The van der Waals surface area contributed by atoms with Crippen molar-refractivity contribution in [2.45, 2.75) is 18.9 Å². The van der Waals surface area contributed by atoms with Crippen molar-refractivity contribution in [1.29, 1.82) is 0 Å². The van der Waals surface area contributed by atoms with Gasteiger partial charge in [-0.3, -0.25) is 4.79 Å². The van der Waals surface area contributed by atoms with E-state index in [0.29, 0.717) is 6.04 Å². The Bertz CT molecular complexity index is 174. The van der Waals surface area contributed by atoms with Gasteiger partial charge >= 0.3 is 0 Å². The third kappa shape index (κ3) is 2.67. The number of amides is 1. The number of carbonyl (C=O) groups is 1. The summed E-state index contributed by atoms with van der Waals surface area (Å²) < 4.78 is 0. The molecule has 0 unspecified atom stereocenters. The van der Waals surface area contributed by atoms with E-state index in [9.17, 15) is 4.79 Å². The molecule has 1 aliphatic rings. The van der Waals surface area contributed by atoms with Crippen molar-refractivity contribution in [3.05, 3.63) is 0 Å². The Morgan fingerprint density at radius 1 is 1.46 bits per heavy atom. The molecule has 0 aromatic carbocycles. The molecular weight excluding hydrogens is 166 g/mol. The van der Waals surface area contributed by atoms with E-state index in [1.54, 1.807) is 0 Å². The van der Waals surface area contributed by atoms with Crippen LogP contribution in [0.2, 0.25) is 0 Å². The number of piperidine rings is 1. The van der Waals surface area contributed by atoms with Gasteiger partial charge in [0, 0.05) is 19.1 Å². The van der Waals surface area contributed by atoms with Crippen LogP contribution < -0.4 is 5.73 Å². The summed E-state index contributed by atoms with van der Waals surface area (Å²) in [4.78, 5) is 15.3. The topological polar surface area (TPSA) is 49.6 Å². The van der Waals surface area contributed by atoms with Crippen LogP contribution in [0.5, 0.6) is 0 Å². The van der Waals surface area contributed by atoms with Crippen LogP contribution in [-0.4, -0.2) is 55.5 Å². The van der Waals surface area contributed by atoms with Crippen LogP contribution in [0.4, 0.5) is 0 Å². The second kappa shape index (κ2) is 4.58. The van der Waals surface area contributed by atoms with Crippen molar-refractivity contribution < 1.29 is 4.79 Å².